The zero-order chi connectivity index (χ0) is 8.15. The lowest BCUT2D eigenvalue weighted by Gasteiger charge is -2.06. The number of halogens is 4. The molecule has 7 heteroatoms. The second kappa shape index (κ2) is 5.79. The second-order valence-corrected chi connectivity index (χ2v) is 6.79. The molecular formula is C3H2Br4O3. The maximum absolute atomic E-state index is 10.5. The summed E-state index contributed by atoms with van der Waals surface area (Å²) < 4.78 is 7.90. The molecule has 10 heavy (non-hydrogen) atoms. The van der Waals surface area contributed by atoms with Crippen LogP contribution in [0.15, 0.2) is 0 Å². The highest BCUT2D eigenvalue weighted by molar-refractivity contribution is 9.24. The summed E-state index contributed by atoms with van der Waals surface area (Å²) in [5.41, 5.74) is 0. The fourth-order valence-corrected chi connectivity index (χ4v) is 0.784. The Bertz CT molecular complexity index is 102. The van der Waals surface area contributed by atoms with E-state index in [1.165, 1.54) is 0 Å². The molecular weight excluding hydrogens is 404 g/mol. The van der Waals surface area contributed by atoms with Crippen LogP contribution in [0.25, 0.3) is 0 Å². The maximum atomic E-state index is 10.5. The zero-order valence-corrected chi connectivity index (χ0v) is 10.7. The highest BCUT2D eigenvalue weighted by Gasteiger charge is 2.11. The van der Waals surface area contributed by atoms with Gasteiger partial charge in [0.05, 0.1) is 0 Å². The Labute approximate surface area is 91.3 Å². The van der Waals surface area contributed by atoms with Gasteiger partial charge in [-0.15, -0.1) is 0 Å². The predicted molar refractivity (Wildman–Crippen MR) is 50.9 cm³/mol. The molecule has 0 aromatic carbocycles. The highest BCUT2D eigenvalue weighted by atomic mass is 79.9. The summed E-state index contributed by atoms with van der Waals surface area (Å²) in [6, 6.07) is 0. The van der Waals surface area contributed by atoms with E-state index in [0.717, 1.165) is 0 Å². The fraction of sp³-hybridized carbons (Fsp3) is 0.667. The van der Waals surface area contributed by atoms with Crippen molar-refractivity contribution in [2.24, 2.45) is 0 Å². The number of hydrogen-bond acceptors (Lipinski definition) is 3. The first kappa shape index (κ1) is 11.2. The minimum absolute atomic E-state index is 0.522. The van der Waals surface area contributed by atoms with E-state index in [4.69, 9.17) is 0 Å². The smallest absolute Gasteiger partial charge is 0.408 e. The number of carbonyl (C=O) groups is 1. The average Bonchev–Trinajstić information content (AvgIpc) is 1.58. The molecule has 0 N–H and O–H groups in total. The molecule has 0 aromatic rings. The van der Waals surface area contributed by atoms with Crippen LogP contribution in [-0.4, -0.2) is 14.0 Å². The number of carbonyl (C=O) groups excluding carboxylic acids is 1. The van der Waals surface area contributed by atoms with Gasteiger partial charge in [0.2, 0.25) is 7.85 Å². The third-order valence-corrected chi connectivity index (χ3v) is 1.12. The van der Waals surface area contributed by atoms with Gasteiger partial charge in [-0.05, 0) is 63.7 Å². The van der Waals surface area contributed by atoms with Gasteiger partial charge in [0.25, 0.3) is 0 Å². The first-order chi connectivity index (χ1) is 4.52. The molecule has 0 heterocycles. The summed E-state index contributed by atoms with van der Waals surface area (Å²) in [6.07, 6.45) is -0.780. The third kappa shape index (κ3) is 7.30. The molecule has 0 rings (SSSR count). The van der Waals surface area contributed by atoms with Crippen LogP contribution in [0.4, 0.5) is 4.79 Å². The van der Waals surface area contributed by atoms with Crippen molar-refractivity contribution in [2.75, 3.05) is 0 Å². The quantitative estimate of drug-likeness (QED) is 0.522. The summed E-state index contributed by atoms with van der Waals surface area (Å²) in [4.78, 5) is 10.5. The first-order valence-corrected chi connectivity index (χ1v) is 5.62. The van der Waals surface area contributed by atoms with Crippen LogP contribution in [0, 0.1) is 0 Å². The standard InChI is InChI=1S/C3H2Br4O3/c4-1(5)9-3(8)10-2(6)7/h1-2H. The van der Waals surface area contributed by atoms with E-state index in [9.17, 15) is 4.79 Å². The van der Waals surface area contributed by atoms with Gasteiger partial charge >= 0.3 is 6.16 Å². The van der Waals surface area contributed by atoms with E-state index in [-0.39, 0.29) is 0 Å². The number of ether oxygens (including phenoxy) is 2. The van der Waals surface area contributed by atoms with Crippen LogP contribution in [0.2, 0.25) is 0 Å². The zero-order valence-electron chi connectivity index (χ0n) is 4.39. The molecule has 0 aliphatic heterocycles. The topological polar surface area (TPSA) is 35.5 Å². The van der Waals surface area contributed by atoms with E-state index in [1.807, 2.05) is 0 Å². The Kier molecular flexibility index (Phi) is 6.48. The first-order valence-electron chi connectivity index (χ1n) is 1.96. The molecule has 0 saturated heterocycles. The molecule has 0 fully saturated rings. The van der Waals surface area contributed by atoms with Crippen LogP contribution in [0.1, 0.15) is 0 Å². The third-order valence-electron chi connectivity index (χ3n) is 0.371. The van der Waals surface area contributed by atoms with Crippen molar-refractivity contribution in [1.82, 2.24) is 0 Å². The molecule has 3 nitrogen and oxygen atoms in total. The van der Waals surface area contributed by atoms with Gasteiger partial charge in [0.15, 0.2) is 0 Å². The molecule has 0 bridgehead atoms. The van der Waals surface area contributed by atoms with Gasteiger partial charge in [-0.1, -0.05) is 0 Å². The van der Waals surface area contributed by atoms with Crippen LogP contribution >= 0.6 is 63.7 Å². The lowest BCUT2D eigenvalue weighted by atomic mass is 11.3. The Morgan fingerprint density at radius 1 is 1.00 bits per heavy atom. The van der Waals surface area contributed by atoms with Crippen molar-refractivity contribution in [1.29, 1.82) is 0 Å². The lowest BCUT2D eigenvalue weighted by molar-refractivity contribution is 0.0761. The van der Waals surface area contributed by atoms with E-state index >= 15 is 0 Å². The minimum Gasteiger partial charge on any atom is -0.408 e. The van der Waals surface area contributed by atoms with Gasteiger partial charge in [-0.2, -0.15) is 0 Å². The molecule has 0 aromatic heterocycles. The molecule has 0 amide bonds. The number of hydrogen-bond donors (Lipinski definition) is 0. The van der Waals surface area contributed by atoms with E-state index < -0.39 is 14.0 Å². The fourth-order valence-electron chi connectivity index (χ4n) is 0.173. The summed E-state index contributed by atoms with van der Waals surface area (Å²) in [6.45, 7) is 0. The minimum atomic E-state index is -0.780. The lowest BCUT2D eigenvalue weighted by Crippen LogP contribution is -2.11. The summed E-state index contributed by atoms with van der Waals surface area (Å²) in [5.74, 6) is 0. The van der Waals surface area contributed by atoms with Gasteiger partial charge < -0.3 is 9.47 Å². The van der Waals surface area contributed by atoms with Crippen molar-refractivity contribution >= 4 is 69.9 Å². The van der Waals surface area contributed by atoms with Crippen LogP contribution < -0.4 is 0 Å². The van der Waals surface area contributed by atoms with E-state index in [1.54, 1.807) is 0 Å². The molecule has 0 atom stereocenters. The Balaban J connectivity index is 3.44. The molecule has 0 aliphatic rings. The van der Waals surface area contributed by atoms with Crippen molar-refractivity contribution in [3.63, 3.8) is 0 Å². The summed E-state index contributed by atoms with van der Waals surface area (Å²) in [7, 11) is 0. The van der Waals surface area contributed by atoms with E-state index in [2.05, 4.69) is 73.2 Å². The van der Waals surface area contributed by atoms with Crippen molar-refractivity contribution in [2.45, 2.75) is 7.85 Å². The molecule has 0 spiro atoms. The summed E-state index contributed by atoms with van der Waals surface area (Å²) >= 11 is 11.7. The van der Waals surface area contributed by atoms with Crippen molar-refractivity contribution in [3.05, 3.63) is 0 Å². The predicted octanol–water partition coefficient (Wildman–Crippen LogP) is 3.29. The Hall–Kier alpha value is 1.19. The van der Waals surface area contributed by atoms with Gasteiger partial charge in [0.1, 0.15) is 0 Å². The monoisotopic (exact) mass is 402 g/mol. The molecule has 0 aliphatic carbocycles. The number of rotatable bonds is 2. The van der Waals surface area contributed by atoms with Gasteiger partial charge in [-0.25, -0.2) is 4.79 Å². The van der Waals surface area contributed by atoms with Crippen LogP contribution in [0.5, 0.6) is 0 Å². The molecule has 0 radical (unpaired) electrons. The maximum Gasteiger partial charge on any atom is 0.512 e. The Morgan fingerprint density at radius 2 is 1.30 bits per heavy atom. The second-order valence-electron chi connectivity index (χ2n) is 1.01. The number of alkyl halides is 4. The molecule has 0 saturated carbocycles. The normalized spacial score (nSPS) is 10.2. The Morgan fingerprint density at radius 3 is 1.50 bits per heavy atom. The molecule has 60 valence electrons. The summed E-state index contributed by atoms with van der Waals surface area (Å²) in [5, 5.41) is 0. The van der Waals surface area contributed by atoms with Gasteiger partial charge in [-0.3, -0.25) is 0 Å². The molecule has 0 unspecified atom stereocenters. The van der Waals surface area contributed by atoms with Crippen molar-refractivity contribution < 1.29 is 14.3 Å². The average molecular weight is 406 g/mol. The van der Waals surface area contributed by atoms with Gasteiger partial charge in [0, 0.05) is 0 Å². The van der Waals surface area contributed by atoms with Crippen LogP contribution in [0.3, 0.4) is 0 Å². The largest absolute Gasteiger partial charge is 0.512 e. The van der Waals surface area contributed by atoms with Crippen molar-refractivity contribution in [3.8, 4) is 0 Å². The van der Waals surface area contributed by atoms with Crippen LogP contribution in [-0.2, 0) is 9.47 Å². The highest BCUT2D eigenvalue weighted by Crippen LogP contribution is 2.14. The van der Waals surface area contributed by atoms with E-state index in [0.29, 0.717) is 0 Å². The SMILES string of the molecule is O=C(OC(Br)Br)OC(Br)Br.